The Labute approximate surface area is 208 Å². The first-order valence-electron chi connectivity index (χ1n) is 11.5. The van der Waals surface area contributed by atoms with E-state index in [2.05, 4.69) is 6.92 Å². The highest BCUT2D eigenvalue weighted by Gasteiger charge is 2.33. The lowest BCUT2D eigenvalue weighted by Crippen LogP contribution is -2.42. The van der Waals surface area contributed by atoms with Gasteiger partial charge in [-0.15, -0.1) is 0 Å². The van der Waals surface area contributed by atoms with Gasteiger partial charge in [0.15, 0.2) is 0 Å². The van der Waals surface area contributed by atoms with Crippen LogP contribution in [0.25, 0.3) is 33.0 Å². The number of fused-ring (bicyclic) bond motifs is 1. The number of rotatable bonds is 9. The van der Waals surface area contributed by atoms with E-state index in [1.54, 1.807) is 18.2 Å². The van der Waals surface area contributed by atoms with Gasteiger partial charge < -0.3 is 4.74 Å². The van der Waals surface area contributed by atoms with Gasteiger partial charge in [0.25, 0.3) is 0 Å². The Morgan fingerprint density at radius 1 is 0.722 bits per heavy atom. The second-order valence-electron chi connectivity index (χ2n) is 8.29. The first-order valence-corrected chi connectivity index (χ1v) is 11.5. The number of aryl methyl sites for hydroxylation is 1. The zero-order valence-electron chi connectivity index (χ0n) is 20.5. The summed E-state index contributed by atoms with van der Waals surface area (Å²) in [6.45, 7) is 2.08. The van der Waals surface area contributed by atoms with E-state index >= 15 is 13.2 Å². The smallest absolute Gasteiger partial charge is 0.416 e. The molecule has 36 heavy (non-hydrogen) atoms. The molecule has 0 fully saturated rings. The Morgan fingerprint density at radius 3 is 1.94 bits per heavy atom. The van der Waals surface area contributed by atoms with Gasteiger partial charge >= 0.3 is 6.16 Å². The minimum absolute atomic E-state index is 0.121. The number of halogens is 3. The van der Waals surface area contributed by atoms with Crippen LogP contribution >= 0.6 is 0 Å². The minimum Gasteiger partial charge on any atom is -0.416 e. The maximum Gasteiger partial charge on any atom is 0.460 e. The lowest BCUT2D eigenvalue weighted by Gasteiger charge is -2.27. The summed E-state index contributed by atoms with van der Waals surface area (Å²) in [6, 6.07) is 17.2. The van der Waals surface area contributed by atoms with Gasteiger partial charge in [0.1, 0.15) is 23.2 Å². The monoisotopic (exact) mass is 496 g/mol. The molecule has 0 unspecified atom stereocenters. The quantitative estimate of drug-likeness (QED) is 0.225. The zero-order chi connectivity index (χ0) is 25.9. The predicted molar refractivity (Wildman–Crippen MR) is 133 cm³/mol. The summed E-state index contributed by atoms with van der Waals surface area (Å²) in [4.78, 5) is 0. The van der Waals surface area contributed by atoms with Gasteiger partial charge in [-0.2, -0.15) is 0 Å². The van der Waals surface area contributed by atoms with Crippen molar-refractivity contribution < 1.29 is 32.1 Å². The van der Waals surface area contributed by atoms with Crippen molar-refractivity contribution in [3.8, 4) is 28.0 Å². The molecule has 4 aromatic carbocycles. The van der Waals surface area contributed by atoms with E-state index in [9.17, 15) is 0 Å². The summed E-state index contributed by atoms with van der Waals surface area (Å²) in [5, 5.41) is 1.16. The molecule has 0 aromatic heterocycles. The normalized spacial score (nSPS) is 11.8. The first kappa shape index (κ1) is 25.7. The van der Waals surface area contributed by atoms with Gasteiger partial charge in [-0.1, -0.05) is 55.8 Å². The van der Waals surface area contributed by atoms with E-state index in [1.807, 2.05) is 12.1 Å². The van der Waals surface area contributed by atoms with Crippen LogP contribution in [0.3, 0.4) is 0 Å². The summed E-state index contributed by atoms with van der Waals surface area (Å²) < 4.78 is 66.4. The molecule has 4 aromatic rings. The van der Waals surface area contributed by atoms with E-state index in [4.69, 9.17) is 18.9 Å². The highest BCUT2D eigenvalue weighted by atomic mass is 19.1. The van der Waals surface area contributed by atoms with Gasteiger partial charge in [-0.25, -0.2) is 13.2 Å². The molecule has 0 saturated heterocycles. The third-order valence-corrected chi connectivity index (χ3v) is 6.05. The lowest BCUT2D eigenvalue weighted by atomic mass is 9.95. The summed E-state index contributed by atoms with van der Waals surface area (Å²) in [6.07, 6.45) is 0.137. The maximum atomic E-state index is 15.3. The molecule has 0 N–H and O–H groups in total. The van der Waals surface area contributed by atoms with Crippen LogP contribution in [-0.4, -0.2) is 27.5 Å². The molecule has 0 aliphatic carbocycles. The van der Waals surface area contributed by atoms with Crippen LogP contribution in [0, 0.1) is 17.5 Å². The van der Waals surface area contributed by atoms with Crippen molar-refractivity contribution in [3.05, 3.63) is 89.7 Å². The minimum atomic E-state index is -1.75. The van der Waals surface area contributed by atoms with E-state index in [1.165, 1.54) is 45.6 Å². The van der Waals surface area contributed by atoms with Gasteiger partial charge in [-0.05, 0) is 52.8 Å². The molecule has 0 spiro atoms. The molecule has 0 atom stereocenters. The third kappa shape index (κ3) is 4.95. The molecule has 188 valence electrons. The van der Waals surface area contributed by atoms with E-state index in [-0.39, 0.29) is 22.3 Å². The summed E-state index contributed by atoms with van der Waals surface area (Å²) in [5.74, 6) is -1.84. The van der Waals surface area contributed by atoms with Crippen LogP contribution in [-0.2, 0) is 20.6 Å². The van der Waals surface area contributed by atoms with Crippen molar-refractivity contribution >= 4 is 10.8 Å². The van der Waals surface area contributed by atoms with Crippen LogP contribution < -0.4 is 4.74 Å². The van der Waals surface area contributed by atoms with Crippen molar-refractivity contribution in [2.45, 2.75) is 25.9 Å². The fourth-order valence-corrected chi connectivity index (χ4v) is 4.22. The molecule has 0 saturated carbocycles. The van der Waals surface area contributed by atoms with Crippen LogP contribution in [0.4, 0.5) is 13.2 Å². The van der Waals surface area contributed by atoms with Crippen molar-refractivity contribution in [1.82, 2.24) is 0 Å². The third-order valence-electron chi connectivity index (χ3n) is 6.05. The van der Waals surface area contributed by atoms with Crippen molar-refractivity contribution in [2.75, 3.05) is 21.3 Å². The fourth-order valence-electron chi connectivity index (χ4n) is 4.22. The molecule has 0 radical (unpaired) electrons. The predicted octanol–water partition coefficient (Wildman–Crippen LogP) is 7.47. The van der Waals surface area contributed by atoms with Crippen molar-refractivity contribution in [3.63, 3.8) is 0 Å². The molecule has 0 bridgehead atoms. The second kappa shape index (κ2) is 10.7. The Bertz CT molecular complexity index is 1330. The zero-order valence-corrected chi connectivity index (χ0v) is 20.5. The van der Waals surface area contributed by atoms with Crippen molar-refractivity contribution in [1.29, 1.82) is 0 Å². The highest BCUT2D eigenvalue weighted by molar-refractivity contribution is 5.89. The van der Waals surface area contributed by atoms with E-state index in [0.717, 1.165) is 35.9 Å². The van der Waals surface area contributed by atoms with Crippen LogP contribution in [0.5, 0.6) is 5.75 Å². The first-order chi connectivity index (χ1) is 17.3. The Morgan fingerprint density at radius 2 is 1.36 bits per heavy atom. The van der Waals surface area contributed by atoms with Gasteiger partial charge in [0.2, 0.25) is 0 Å². The van der Waals surface area contributed by atoms with E-state index in [0.29, 0.717) is 11.1 Å². The summed E-state index contributed by atoms with van der Waals surface area (Å²) in [5.41, 5.74) is 1.42. The lowest BCUT2D eigenvalue weighted by molar-refractivity contribution is -0.448. The fraction of sp³-hybridized carbons (Fsp3) is 0.241. The van der Waals surface area contributed by atoms with Gasteiger partial charge in [0.05, 0.1) is 5.56 Å². The molecule has 4 nitrogen and oxygen atoms in total. The van der Waals surface area contributed by atoms with Crippen molar-refractivity contribution in [2.24, 2.45) is 0 Å². The van der Waals surface area contributed by atoms with E-state index < -0.39 is 23.6 Å². The average molecular weight is 497 g/mol. The van der Waals surface area contributed by atoms with Gasteiger partial charge in [-0.3, -0.25) is 14.2 Å². The second-order valence-corrected chi connectivity index (χ2v) is 8.29. The molecular formula is C29H27F3O4. The molecular weight excluding hydrogens is 469 g/mol. The Hall–Kier alpha value is -3.39. The maximum absolute atomic E-state index is 15.3. The number of benzene rings is 4. The molecule has 0 aliphatic heterocycles. The molecule has 4 rings (SSSR count). The summed E-state index contributed by atoms with van der Waals surface area (Å²) >= 11 is 0. The average Bonchev–Trinajstić information content (AvgIpc) is 2.88. The molecule has 7 heteroatoms. The molecule has 0 aliphatic rings. The number of ether oxygens (including phenoxy) is 4. The molecule has 0 heterocycles. The largest absolute Gasteiger partial charge is 0.460 e. The number of hydrogen-bond donors (Lipinski definition) is 0. The SMILES string of the molecule is CCCc1ccc2c(F)c(-c3cc(F)c(-c4ccc(OC(OC)(OC)OC)cc4)c(F)c3)ccc2c1. The Balaban J connectivity index is 1.66. The topological polar surface area (TPSA) is 36.9 Å². The molecule has 0 amide bonds. The van der Waals surface area contributed by atoms with Gasteiger partial charge in [0, 0.05) is 32.3 Å². The van der Waals surface area contributed by atoms with Crippen LogP contribution in [0.2, 0.25) is 0 Å². The summed E-state index contributed by atoms with van der Waals surface area (Å²) in [7, 11) is 4.03. The van der Waals surface area contributed by atoms with Crippen LogP contribution in [0.1, 0.15) is 18.9 Å². The standard InChI is InChI=1S/C29H27F3O4/c1-5-6-18-7-13-23-20(15-18)10-14-24(28(23)32)21-16-25(30)27(26(31)17-21)19-8-11-22(12-9-19)36-29(33-2,34-3)35-4/h7-17H,5-6H2,1-4H3. The number of hydrogen-bond acceptors (Lipinski definition) is 4. The highest BCUT2D eigenvalue weighted by Crippen LogP contribution is 2.35. The number of methoxy groups -OCH3 is 3. The Kier molecular flexibility index (Phi) is 7.64. The van der Waals surface area contributed by atoms with Crippen LogP contribution in [0.15, 0.2) is 66.7 Å².